The van der Waals surface area contributed by atoms with Gasteiger partial charge in [0.2, 0.25) is 5.60 Å². The highest BCUT2D eigenvalue weighted by molar-refractivity contribution is 5.86. The van der Waals surface area contributed by atoms with Crippen LogP contribution >= 0.6 is 0 Å². The molecule has 3 aliphatic rings. The lowest BCUT2D eigenvalue weighted by atomic mass is 9.82. The lowest BCUT2D eigenvalue weighted by molar-refractivity contribution is -0.151. The van der Waals surface area contributed by atoms with Gasteiger partial charge in [-0.3, -0.25) is 4.79 Å². The molecule has 162 valence electrons. The third-order valence-corrected chi connectivity index (χ3v) is 7.51. The summed E-state index contributed by atoms with van der Waals surface area (Å²) in [5, 5.41) is 14.6. The first-order chi connectivity index (χ1) is 14.2. The maximum absolute atomic E-state index is 13.2. The highest BCUT2D eigenvalue weighted by atomic mass is 16.4. The highest BCUT2D eigenvalue weighted by Crippen LogP contribution is 2.41. The first-order valence-corrected chi connectivity index (χ1v) is 11.8. The predicted octanol–water partition coefficient (Wildman–Crippen LogP) is 3.60. The molecule has 29 heavy (non-hydrogen) atoms. The highest BCUT2D eigenvalue weighted by Gasteiger charge is 2.49. The van der Waals surface area contributed by atoms with Crippen LogP contribution in [0.15, 0.2) is 17.0 Å². The fraction of sp³-hybridized carbons (Fsp3) is 0.826. The summed E-state index contributed by atoms with van der Waals surface area (Å²) >= 11 is 0. The summed E-state index contributed by atoms with van der Waals surface area (Å²) in [4.78, 5) is 19.7. The van der Waals surface area contributed by atoms with E-state index >= 15 is 0 Å². The number of piperidine rings is 1. The van der Waals surface area contributed by atoms with Gasteiger partial charge in [0.05, 0.1) is 6.20 Å². The number of hydrogen-bond donors (Lipinski definition) is 2. The van der Waals surface area contributed by atoms with Crippen molar-refractivity contribution in [2.75, 3.05) is 19.6 Å². The van der Waals surface area contributed by atoms with Gasteiger partial charge in [-0.05, 0) is 44.4 Å². The van der Waals surface area contributed by atoms with Gasteiger partial charge >= 0.3 is 0 Å². The zero-order chi connectivity index (χ0) is 20.1. The van der Waals surface area contributed by atoms with E-state index in [4.69, 9.17) is 4.42 Å². The van der Waals surface area contributed by atoms with Crippen LogP contribution in [0.5, 0.6) is 0 Å². The van der Waals surface area contributed by atoms with Crippen LogP contribution in [0.2, 0.25) is 0 Å². The molecule has 1 atom stereocenters. The molecule has 0 bridgehead atoms. The fourth-order valence-electron chi connectivity index (χ4n) is 5.71. The number of carbonyl (C=O) groups excluding carboxylic acids is 1. The normalized spacial score (nSPS) is 25.6. The van der Waals surface area contributed by atoms with E-state index in [1.165, 1.54) is 57.7 Å². The van der Waals surface area contributed by atoms with Crippen LogP contribution in [-0.4, -0.2) is 46.6 Å². The summed E-state index contributed by atoms with van der Waals surface area (Å²) in [6.07, 6.45) is 16.8. The van der Waals surface area contributed by atoms with Gasteiger partial charge in [-0.25, -0.2) is 4.98 Å². The lowest BCUT2D eigenvalue weighted by Crippen LogP contribution is -2.54. The monoisotopic (exact) mass is 403 g/mol. The maximum Gasteiger partial charge on any atom is 0.260 e. The number of carbonyl (C=O) groups is 1. The summed E-state index contributed by atoms with van der Waals surface area (Å²) in [5.74, 6) is 0.740. The van der Waals surface area contributed by atoms with Gasteiger partial charge in [0.15, 0.2) is 12.2 Å². The standard InChI is InChI=1S/C23H37N3O3/c27-22(23(28,19-9-5-6-10-19)21-15-24-17-29-21)25-20-11-13-26(14-12-20)16-18-7-3-1-2-4-8-18/h15,17-20,28H,1-14,16H2,(H,25,27). The van der Waals surface area contributed by atoms with Crippen LogP contribution in [0.25, 0.3) is 0 Å². The van der Waals surface area contributed by atoms with Crippen LogP contribution in [0.4, 0.5) is 0 Å². The number of nitrogens with one attached hydrogen (secondary N) is 1. The number of amides is 1. The van der Waals surface area contributed by atoms with E-state index in [9.17, 15) is 9.90 Å². The number of likely N-dealkylation sites (tertiary alicyclic amines) is 1. The van der Waals surface area contributed by atoms with Crippen molar-refractivity contribution in [1.82, 2.24) is 15.2 Å². The number of rotatable bonds is 6. The van der Waals surface area contributed by atoms with Gasteiger partial charge < -0.3 is 19.7 Å². The minimum absolute atomic E-state index is 0.0919. The zero-order valence-electron chi connectivity index (χ0n) is 17.7. The third kappa shape index (κ3) is 4.85. The Hall–Kier alpha value is -1.40. The van der Waals surface area contributed by atoms with E-state index in [1.54, 1.807) is 0 Å². The molecule has 2 heterocycles. The van der Waals surface area contributed by atoms with Gasteiger partial charge in [-0.15, -0.1) is 0 Å². The average molecular weight is 404 g/mol. The SMILES string of the molecule is O=C(NC1CCN(CC2CCCCCC2)CC1)C(O)(c1cnco1)C1CCCC1. The zero-order valence-corrected chi connectivity index (χ0v) is 17.7. The number of hydrogen-bond acceptors (Lipinski definition) is 5. The molecule has 1 unspecified atom stereocenters. The van der Waals surface area contributed by atoms with E-state index in [-0.39, 0.29) is 23.6 Å². The molecule has 2 aliphatic carbocycles. The minimum atomic E-state index is -1.59. The Kier molecular flexibility index (Phi) is 6.91. The van der Waals surface area contributed by atoms with Gasteiger partial charge in [0.1, 0.15) is 0 Å². The van der Waals surface area contributed by atoms with Crippen LogP contribution in [0, 0.1) is 11.8 Å². The third-order valence-electron chi connectivity index (χ3n) is 7.51. The second-order valence-electron chi connectivity index (χ2n) is 9.52. The molecule has 0 radical (unpaired) electrons. The second-order valence-corrected chi connectivity index (χ2v) is 9.52. The maximum atomic E-state index is 13.2. The van der Waals surface area contributed by atoms with Crippen molar-refractivity contribution in [3.8, 4) is 0 Å². The molecule has 0 aromatic carbocycles. The summed E-state index contributed by atoms with van der Waals surface area (Å²) in [7, 11) is 0. The molecular weight excluding hydrogens is 366 g/mol. The van der Waals surface area contributed by atoms with E-state index in [0.717, 1.165) is 57.5 Å². The molecule has 0 spiro atoms. The molecule has 1 aromatic heterocycles. The topological polar surface area (TPSA) is 78.6 Å². The number of aliphatic hydroxyl groups is 1. The summed E-state index contributed by atoms with van der Waals surface area (Å²) in [6.45, 7) is 3.28. The second kappa shape index (κ2) is 9.61. The van der Waals surface area contributed by atoms with Gasteiger partial charge in [0.25, 0.3) is 5.91 Å². The molecule has 1 aliphatic heterocycles. The predicted molar refractivity (Wildman–Crippen MR) is 111 cm³/mol. The van der Waals surface area contributed by atoms with Crippen molar-refractivity contribution >= 4 is 5.91 Å². The van der Waals surface area contributed by atoms with Gasteiger partial charge in [0, 0.05) is 31.6 Å². The van der Waals surface area contributed by atoms with Gasteiger partial charge in [-0.2, -0.15) is 0 Å². The molecular formula is C23H37N3O3. The largest absolute Gasteiger partial charge is 0.445 e. The van der Waals surface area contributed by atoms with Crippen LogP contribution < -0.4 is 5.32 Å². The Labute approximate surface area is 174 Å². The van der Waals surface area contributed by atoms with E-state index in [1.807, 2.05) is 0 Å². The molecule has 6 heteroatoms. The van der Waals surface area contributed by atoms with Crippen molar-refractivity contribution in [2.24, 2.45) is 11.8 Å². The molecule has 3 fully saturated rings. The van der Waals surface area contributed by atoms with Crippen LogP contribution in [-0.2, 0) is 10.4 Å². The van der Waals surface area contributed by atoms with Crippen LogP contribution in [0.1, 0.15) is 82.8 Å². The molecule has 1 saturated heterocycles. The first-order valence-electron chi connectivity index (χ1n) is 11.8. The van der Waals surface area contributed by atoms with E-state index in [2.05, 4.69) is 15.2 Å². The lowest BCUT2D eigenvalue weighted by Gasteiger charge is -2.37. The Morgan fingerprint density at radius 3 is 2.34 bits per heavy atom. The molecule has 6 nitrogen and oxygen atoms in total. The summed E-state index contributed by atoms with van der Waals surface area (Å²) in [5.41, 5.74) is -1.59. The van der Waals surface area contributed by atoms with E-state index in [0.29, 0.717) is 0 Å². The molecule has 2 N–H and O–H groups in total. The Balaban J connectivity index is 1.31. The summed E-state index contributed by atoms with van der Waals surface area (Å²) < 4.78 is 5.40. The minimum Gasteiger partial charge on any atom is -0.445 e. The van der Waals surface area contributed by atoms with Crippen molar-refractivity contribution < 1.29 is 14.3 Å². The molecule has 2 saturated carbocycles. The summed E-state index contributed by atoms with van der Waals surface area (Å²) in [6, 6.07) is 0.128. The molecule has 4 rings (SSSR count). The molecule has 1 amide bonds. The molecule has 1 aromatic rings. The quantitative estimate of drug-likeness (QED) is 0.710. The smallest absolute Gasteiger partial charge is 0.260 e. The van der Waals surface area contributed by atoms with E-state index < -0.39 is 5.60 Å². The van der Waals surface area contributed by atoms with Crippen molar-refractivity contribution in [3.63, 3.8) is 0 Å². The average Bonchev–Trinajstić information content (AvgIpc) is 3.41. The Morgan fingerprint density at radius 1 is 1.07 bits per heavy atom. The van der Waals surface area contributed by atoms with Crippen LogP contribution in [0.3, 0.4) is 0 Å². The fourth-order valence-corrected chi connectivity index (χ4v) is 5.71. The van der Waals surface area contributed by atoms with Crippen molar-refractivity contribution in [2.45, 2.75) is 88.7 Å². The van der Waals surface area contributed by atoms with Crippen molar-refractivity contribution in [1.29, 1.82) is 0 Å². The number of nitrogens with zero attached hydrogens (tertiary/aromatic N) is 2. The Morgan fingerprint density at radius 2 is 1.72 bits per heavy atom. The van der Waals surface area contributed by atoms with Crippen molar-refractivity contribution in [3.05, 3.63) is 18.4 Å². The Bertz CT molecular complexity index is 628. The first kappa shape index (κ1) is 20.9. The number of aromatic nitrogens is 1. The van der Waals surface area contributed by atoms with Gasteiger partial charge in [-0.1, -0.05) is 38.5 Å². The number of oxazole rings is 1.